The molecule has 2 aromatic carbocycles. The van der Waals surface area contributed by atoms with E-state index in [2.05, 4.69) is 34.6 Å². The van der Waals surface area contributed by atoms with Gasteiger partial charge >= 0.3 is 0 Å². The fourth-order valence-corrected chi connectivity index (χ4v) is 5.33. The summed E-state index contributed by atoms with van der Waals surface area (Å²) < 4.78 is 0. The van der Waals surface area contributed by atoms with Crippen molar-refractivity contribution in [1.82, 2.24) is 20.2 Å². The molecule has 2 aliphatic heterocycles. The summed E-state index contributed by atoms with van der Waals surface area (Å²) in [5.74, 6) is 1.63. The maximum absolute atomic E-state index is 12.8. The van der Waals surface area contributed by atoms with Gasteiger partial charge in [0.15, 0.2) is 0 Å². The van der Waals surface area contributed by atoms with Crippen LogP contribution in [0.2, 0.25) is 0 Å². The van der Waals surface area contributed by atoms with Gasteiger partial charge in [0, 0.05) is 61.3 Å². The predicted molar refractivity (Wildman–Crippen MR) is 150 cm³/mol. The second-order valence-corrected chi connectivity index (χ2v) is 10.1. The van der Waals surface area contributed by atoms with Gasteiger partial charge in [0.1, 0.15) is 5.82 Å². The molecule has 8 heteroatoms. The van der Waals surface area contributed by atoms with Crippen LogP contribution in [0.5, 0.6) is 0 Å². The summed E-state index contributed by atoms with van der Waals surface area (Å²) in [5.41, 5.74) is 3.19. The first-order valence-electron chi connectivity index (χ1n) is 13.6. The zero-order valence-corrected chi connectivity index (χ0v) is 21.9. The molecule has 0 radical (unpaired) electrons. The van der Waals surface area contributed by atoms with E-state index in [0.717, 1.165) is 81.0 Å². The molecule has 0 aliphatic carbocycles. The Morgan fingerprint density at radius 2 is 1.79 bits per heavy atom. The van der Waals surface area contributed by atoms with E-state index >= 15 is 0 Å². The molecule has 0 saturated carbocycles. The number of benzene rings is 2. The monoisotopic (exact) mass is 509 g/mol. The Labute approximate surface area is 224 Å². The van der Waals surface area contributed by atoms with E-state index in [1.165, 1.54) is 0 Å². The molecule has 1 aromatic heterocycles. The van der Waals surface area contributed by atoms with Gasteiger partial charge in [-0.05, 0) is 56.0 Å². The van der Waals surface area contributed by atoms with Crippen LogP contribution in [0.15, 0.2) is 60.7 Å². The van der Waals surface area contributed by atoms with Crippen LogP contribution < -0.4 is 15.5 Å². The van der Waals surface area contributed by atoms with Crippen molar-refractivity contribution in [2.24, 2.45) is 0 Å². The van der Waals surface area contributed by atoms with Crippen molar-refractivity contribution >= 4 is 23.4 Å². The number of nitriles is 1. The highest BCUT2D eigenvalue weighted by Crippen LogP contribution is 2.24. The number of rotatable bonds is 8. The zero-order chi connectivity index (χ0) is 26.3. The molecular weight excluding hydrogens is 474 g/mol. The fraction of sp³-hybridized carbons (Fsp3) is 0.400. The topological polar surface area (TPSA) is 97.2 Å². The third-order valence-corrected chi connectivity index (χ3v) is 7.31. The Bertz CT molecular complexity index is 1280. The van der Waals surface area contributed by atoms with Gasteiger partial charge in [0.2, 0.25) is 5.95 Å². The third-order valence-electron chi connectivity index (χ3n) is 7.31. The zero-order valence-electron chi connectivity index (χ0n) is 21.9. The smallest absolute Gasteiger partial charge is 0.253 e. The van der Waals surface area contributed by atoms with Crippen molar-refractivity contribution in [2.75, 3.05) is 36.4 Å². The van der Waals surface area contributed by atoms with Crippen molar-refractivity contribution in [3.05, 3.63) is 77.5 Å². The molecule has 2 N–H and O–H groups in total. The molecule has 38 heavy (non-hydrogen) atoms. The lowest BCUT2D eigenvalue weighted by Gasteiger charge is -2.34. The largest absolute Gasteiger partial charge is 0.355 e. The number of aromatic nitrogens is 2. The van der Waals surface area contributed by atoms with Gasteiger partial charge < -0.3 is 20.4 Å². The van der Waals surface area contributed by atoms with E-state index in [9.17, 15) is 10.1 Å². The minimum atomic E-state index is 0.131. The molecule has 1 amide bonds. The van der Waals surface area contributed by atoms with E-state index in [-0.39, 0.29) is 5.91 Å². The molecule has 8 nitrogen and oxygen atoms in total. The summed E-state index contributed by atoms with van der Waals surface area (Å²) in [6, 6.07) is 22.0. The molecule has 1 atom stereocenters. The van der Waals surface area contributed by atoms with Crippen LogP contribution in [0, 0.1) is 11.3 Å². The first-order valence-corrected chi connectivity index (χ1v) is 13.6. The number of likely N-dealkylation sites (tertiary alicyclic amines) is 1. The molecule has 0 bridgehead atoms. The van der Waals surface area contributed by atoms with Gasteiger partial charge in [0.25, 0.3) is 5.91 Å². The molecule has 196 valence electrons. The summed E-state index contributed by atoms with van der Waals surface area (Å²) in [4.78, 5) is 26.6. The minimum absolute atomic E-state index is 0.131. The summed E-state index contributed by atoms with van der Waals surface area (Å²) >= 11 is 0. The average molecular weight is 510 g/mol. The van der Waals surface area contributed by atoms with Gasteiger partial charge in [-0.25, -0.2) is 4.98 Å². The molecule has 0 spiro atoms. The molecule has 0 unspecified atom stereocenters. The van der Waals surface area contributed by atoms with Crippen LogP contribution in [0.25, 0.3) is 0 Å². The highest BCUT2D eigenvalue weighted by molar-refractivity contribution is 5.94. The number of carbonyl (C=O) groups excluding carboxylic acids is 1. The third kappa shape index (κ3) is 6.29. The number of aryl methyl sites for hydroxylation is 1. The Kier molecular flexibility index (Phi) is 8.15. The van der Waals surface area contributed by atoms with Crippen LogP contribution in [-0.2, 0) is 6.42 Å². The molecule has 2 aliphatic rings. The molecule has 3 heterocycles. The summed E-state index contributed by atoms with van der Waals surface area (Å²) in [5, 5.41) is 16.4. The quantitative estimate of drug-likeness (QED) is 0.461. The fourth-order valence-electron chi connectivity index (χ4n) is 5.33. The lowest BCUT2D eigenvalue weighted by molar-refractivity contribution is 0.0702. The Hall–Kier alpha value is -3.96. The van der Waals surface area contributed by atoms with Gasteiger partial charge in [0.05, 0.1) is 11.6 Å². The van der Waals surface area contributed by atoms with E-state index in [0.29, 0.717) is 23.6 Å². The lowest BCUT2D eigenvalue weighted by atomic mass is 10.0. The van der Waals surface area contributed by atoms with Crippen molar-refractivity contribution in [3.63, 3.8) is 0 Å². The van der Waals surface area contributed by atoms with Gasteiger partial charge in [-0.1, -0.05) is 37.6 Å². The summed E-state index contributed by atoms with van der Waals surface area (Å²) in [7, 11) is 0. The summed E-state index contributed by atoms with van der Waals surface area (Å²) in [6.07, 6.45) is 4.90. The van der Waals surface area contributed by atoms with Crippen molar-refractivity contribution < 1.29 is 4.79 Å². The number of anilines is 3. The highest BCUT2D eigenvalue weighted by Gasteiger charge is 2.29. The van der Waals surface area contributed by atoms with Crippen molar-refractivity contribution in [1.29, 1.82) is 5.26 Å². The van der Waals surface area contributed by atoms with Gasteiger partial charge in [-0.15, -0.1) is 0 Å². The molecular formula is C30H35N7O. The van der Waals surface area contributed by atoms with E-state index < -0.39 is 0 Å². The van der Waals surface area contributed by atoms with E-state index in [1.807, 2.05) is 53.4 Å². The first-order chi connectivity index (χ1) is 18.6. The number of carbonyl (C=O) groups is 1. The number of nitrogens with one attached hydrogen (secondary N) is 2. The van der Waals surface area contributed by atoms with E-state index in [4.69, 9.17) is 9.97 Å². The van der Waals surface area contributed by atoms with Gasteiger partial charge in [-0.3, -0.25) is 4.79 Å². The Morgan fingerprint density at radius 1 is 1.00 bits per heavy atom. The van der Waals surface area contributed by atoms with Crippen LogP contribution in [0.3, 0.4) is 0 Å². The lowest BCUT2D eigenvalue weighted by Crippen LogP contribution is -2.48. The second-order valence-electron chi connectivity index (χ2n) is 10.1. The predicted octanol–water partition coefficient (Wildman–Crippen LogP) is 4.52. The molecule has 2 fully saturated rings. The second kappa shape index (κ2) is 12.1. The number of nitrogens with zero attached hydrogens (tertiary/aromatic N) is 5. The number of hydrogen-bond donors (Lipinski definition) is 2. The van der Waals surface area contributed by atoms with Crippen LogP contribution in [-0.4, -0.2) is 59.0 Å². The molecule has 5 rings (SSSR count). The van der Waals surface area contributed by atoms with Gasteiger partial charge in [-0.2, -0.15) is 10.2 Å². The number of piperidine rings is 1. The number of amides is 1. The highest BCUT2D eigenvalue weighted by atomic mass is 16.2. The van der Waals surface area contributed by atoms with Crippen LogP contribution >= 0.6 is 0 Å². The maximum atomic E-state index is 12.8. The maximum Gasteiger partial charge on any atom is 0.253 e. The standard InChI is InChI=1S/C30H35N7O/c1-2-7-25-19-28(35-30(33-25)34-26-11-6-8-22(18-26)20-31)37-17-14-27(21-37)32-24-12-15-36(16-13-24)29(38)23-9-4-3-5-10-23/h3-6,8-11,18-19,24,27,32H,2,7,12-17,21H2,1H3,(H,33,34,35)/t27-/m0/s1. The molecule has 2 saturated heterocycles. The first kappa shape index (κ1) is 25.7. The van der Waals surface area contributed by atoms with E-state index in [1.54, 1.807) is 6.07 Å². The van der Waals surface area contributed by atoms with Crippen molar-refractivity contribution in [3.8, 4) is 6.07 Å². The Balaban J connectivity index is 1.18. The van der Waals surface area contributed by atoms with Crippen LogP contribution in [0.4, 0.5) is 17.5 Å². The summed E-state index contributed by atoms with van der Waals surface area (Å²) in [6.45, 7) is 5.57. The van der Waals surface area contributed by atoms with Crippen molar-refractivity contribution in [2.45, 2.75) is 51.1 Å². The minimum Gasteiger partial charge on any atom is -0.355 e. The SMILES string of the molecule is CCCc1cc(N2CC[C@H](NC3CCN(C(=O)c4ccccc4)CC3)C2)nc(Nc2cccc(C#N)c2)n1. The Morgan fingerprint density at radius 3 is 2.55 bits per heavy atom. The average Bonchev–Trinajstić information content (AvgIpc) is 3.42. The molecule has 3 aromatic rings. The normalized spacial score (nSPS) is 17.8. The van der Waals surface area contributed by atoms with Crippen LogP contribution in [0.1, 0.15) is 54.2 Å². The number of hydrogen-bond acceptors (Lipinski definition) is 7.